The van der Waals surface area contributed by atoms with Gasteiger partial charge in [-0.05, 0) is 29.8 Å². The first kappa shape index (κ1) is 15.0. The minimum absolute atomic E-state index is 0.00308. The van der Waals surface area contributed by atoms with Crippen molar-refractivity contribution < 1.29 is 9.90 Å². The van der Waals surface area contributed by atoms with Gasteiger partial charge in [-0.3, -0.25) is 9.78 Å². The predicted molar refractivity (Wildman–Crippen MR) is 86.7 cm³/mol. The number of carbonyl (C=O) groups excluding carboxylic acids is 1. The number of carbonyl (C=O) groups is 1. The molecule has 2 N–H and O–H groups in total. The van der Waals surface area contributed by atoms with Crippen molar-refractivity contribution in [3.05, 3.63) is 58.3 Å². The summed E-state index contributed by atoms with van der Waals surface area (Å²) in [6.07, 6.45) is 3.49. The van der Waals surface area contributed by atoms with E-state index in [4.69, 9.17) is 0 Å². The smallest absolute Gasteiger partial charge is 0.258 e. The molecule has 1 fully saturated rings. The molecule has 2 aromatic rings. The topological polar surface area (TPSA) is 65.5 Å². The monoisotopic (exact) mass is 361 g/mol. The average Bonchev–Trinajstić information content (AvgIpc) is 2.57. The van der Waals surface area contributed by atoms with Crippen molar-refractivity contribution in [2.24, 2.45) is 0 Å². The third kappa shape index (κ3) is 2.98. The second-order valence-corrected chi connectivity index (χ2v) is 6.08. The summed E-state index contributed by atoms with van der Waals surface area (Å²) in [5.74, 6) is -0.175. The lowest BCUT2D eigenvalue weighted by atomic mass is 10.0. The van der Waals surface area contributed by atoms with Gasteiger partial charge < -0.3 is 15.3 Å². The van der Waals surface area contributed by atoms with Crippen molar-refractivity contribution in [1.29, 1.82) is 0 Å². The summed E-state index contributed by atoms with van der Waals surface area (Å²) in [5, 5.41) is 13.3. The molecule has 0 saturated carbocycles. The summed E-state index contributed by atoms with van der Waals surface area (Å²) >= 11 is 3.34. The lowest BCUT2D eigenvalue weighted by molar-refractivity contribution is 0.0631. The summed E-state index contributed by atoms with van der Waals surface area (Å²) < 4.78 is 0.765. The van der Waals surface area contributed by atoms with E-state index in [1.54, 1.807) is 29.4 Å². The lowest BCUT2D eigenvalue weighted by Gasteiger charge is -2.36. The molecule has 2 heterocycles. The van der Waals surface area contributed by atoms with E-state index in [1.165, 1.54) is 6.07 Å². The number of benzene rings is 1. The van der Waals surface area contributed by atoms with Crippen LogP contribution in [0, 0.1) is 0 Å². The van der Waals surface area contributed by atoms with Crippen molar-refractivity contribution in [3.63, 3.8) is 0 Å². The minimum atomic E-state index is -0.172. The largest absolute Gasteiger partial charge is 0.507 e. The highest BCUT2D eigenvalue weighted by Crippen LogP contribution is 2.28. The van der Waals surface area contributed by atoms with E-state index in [9.17, 15) is 9.90 Å². The maximum absolute atomic E-state index is 12.9. The Labute approximate surface area is 137 Å². The van der Waals surface area contributed by atoms with Crippen molar-refractivity contribution in [1.82, 2.24) is 15.2 Å². The molecular weight excluding hydrogens is 346 g/mol. The van der Waals surface area contributed by atoms with Gasteiger partial charge in [0, 0.05) is 36.5 Å². The van der Waals surface area contributed by atoms with Crippen LogP contribution >= 0.6 is 15.9 Å². The van der Waals surface area contributed by atoms with Gasteiger partial charge in [0.25, 0.3) is 5.91 Å². The van der Waals surface area contributed by atoms with Gasteiger partial charge in [0.1, 0.15) is 5.75 Å². The van der Waals surface area contributed by atoms with Crippen molar-refractivity contribution in [3.8, 4) is 5.75 Å². The van der Waals surface area contributed by atoms with Gasteiger partial charge in [0.05, 0.1) is 11.6 Å². The number of hydrogen-bond donors (Lipinski definition) is 2. The highest BCUT2D eigenvalue weighted by atomic mass is 79.9. The van der Waals surface area contributed by atoms with Crippen LogP contribution in [0.1, 0.15) is 22.0 Å². The summed E-state index contributed by atoms with van der Waals surface area (Å²) in [6.45, 7) is 1.99. The summed E-state index contributed by atoms with van der Waals surface area (Å²) in [4.78, 5) is 18.8. The van der Waals surface area contributed by atoms with E-state index in [0.717, 1.165) is 16.6 Å². The van der Waals surface area contributed by atoms with Crippen LogP contribution in [0.5, 0.6) is 5.75 Å². The number of halogens is 1. The van der Waals surface area contributed by atoms with Crippen LogP contribution in [0.4, 0.5) is 0 Å². The Morgan fingerprint density at radius 2 is 2.27 bits per heavy atom. The van der Waals surface area contributed by atoms with Gasteiger partial charge in [0.15, 0.2) is 0 Å². The number of nitrogens with zero attached hydrogens (tertiary/aromatic N) is 2. The molecule has 1 aromatic heterocycles. The van der Waals surface area contributed by atoms with Crippen molar-refractivity contribution >= 4 is 21.8 Å². The molecule has 0 bridgehead atoms. The van der Waals surface area contributed by atoms with Gasteiger partial charge in [-0.2, -0.15) is 0 Å². The molecule has 114 valence electrons. The van der Waals surface area contributed by atoms with Crippen LogP contribution in [-0.2, 0) is 0 Å². The fourth-order valence-electron chi connectivity index (χ4n) is 2.65. The Kier molecular flexibility index (Phi) is 4.40. The number of nitrogens with one attached hydrogen (secondary N) is 1. The first-order valence-corrected chi connectivity index (χ1v) is 7.86. The molecule has 3 rings (SSSR count). The molecule has 1 saturated heterocycles. The third-order valence-electron chi connectivity index (χ3n) is 3.76. The minimum Gasteiger partial charge on any atom is -0.507 e. The zero-order valence-electron chi connectivity index (χ0n) is 11.9. The highest BCUT2D eigenvalue weighted by molar-refractivity contribution is 9.10. The molecule has 0 radical (unpaired) electrons. The number of hydrogen-bond acceptors (Lipinski definition) is 4. The van der Waals surface area contributed by atoms with Gasteiger partial charge in [-0.25, -0.2) is 0 Å². The second-order valence-electron chi connectivity index (χ2n) is 5.17. The summed E-state index contributed by atoms with van der Waals surface area (Å²) in [7, 11) is 0. The number of piperazine rings is 1. The summed E-state index contributed by atoms with van der Waals surface area (Å²) in [5.41, 5.74) is 1.29. The van der Waals surface area contributed by atoms with Gasteiger partial charge in [-0.1, -0.05) is 22.0 Å². The van der Waals surface area contributed by atoms with Crippen LogP contribution in [0.15, 0.2) is 47.2 Å². The Morgan fingerprint density at radius 3 is 3.05 bits per heavy atom. The SMILES string of the molecule is O=C(c1cc(Br)ccc1O)N1CCNCC1c1cccnc1. The molecule has 1 unspecified atom stereocenters. The normalized spacial score (nSPS) is 18.2. The average molecular weight is 362 g/mol. The van der Waals surface area contributed by atoms with Crippen LogP contribution in [0.2, 0.25) is 0 Å². The molecule has 22 heavy (non-hydrogen) atoms. The first-order valence-electron chi connectivity index (χ1n) is 7.07. The Hall–Kier alpha value is -1.92. The zero-order valence-corrected chi connectivity index (χ0v) is 13.5. The fraction of sp³-hybridized carbons (Fsp3) is 0.250. The maximum Gasteiger partial charge on any atom is 0.258 e. The molecule has 1 aliphatic heterocycles. The standard InChI is InChI=1S/C16H16BrN3O2/c17-12-3-4-15(21)13(8-12)16(22)20-7-6-19-10-14(20)11-2-1-5-18-9-11/h1-5,8-9,14,19,21H,6-7,10H2. The van der Waals surface area contributed by atoms with E-state index in [-0.39, 0.29) is 17.7 Å². The van der Waals surface area contributed by atoms with Gasteiger partial charge in [-0.15, -0.1) is 0 Å². The Morgan fingerprint density at radius 1 is 1.41 bits per heavy atom. The van der Waals surface area contributed by atoms with Gasteiger partial charge in [0.2, 0.25) is 0 Å². The highest BCUT2D eigenvalue weighted by Gasteiger charge is 2.30. The van der Waals surface area contributed by atoms with Gasteiger partial charge >= 0.3 is 0 Å². The second kappa shape index (κ2) is 6.46. The molecule has 1 aromatic carbocycles. The number of aromatic nitrogens is 1. The number of amides is 1. The fourth-order valence-corrected chi connectivity index (χ4v) is 3.01. The first-order chi connectivity index (χ1) is 10.7. The Balaban J connectivity index is 1.93. The van der Waals surface area contributed by atoms with Crippen LogP contribution in [-0.4, -0.2) is 40.5 Å². The molecule has 1 aliphatic rings. The predicted octanol–water partition coefficient (Wildman–Crippen LogP) is 2.34. The molecular formula is C16H16BrN3O2. The molecule has 0 spiro atoms. The van der Waals surface area contributed by atoms with Crippen LogP contribution in [0.25, 0.3) is 0 Å². The number of phenols is 1. The number of aromatic hydroxyl groups is 1. The number of rotatable bonds is 2. The quantitative estimate of drug-likeness (QED) is 0.861. The van der Waals surface area contributed by atoms with E-state index in [0.29, 0.717) is 18.7 Å². The lowest BCUT2D eigenvalue weighted by Crippen LogP contribution is -2.48. The third-order valence-corrected chi connectivity index (χ3v) is 4.26. The Bertz CT molecular complexity index is 678. The number of phenolic OH excluding ortho intramolecular Hbond substituents is 1. The molecule has 6 heteroatoms. The molecule has 0 aliphatic carbocycles. The van der Waals surface area contributed by atoms with E-state index in [1.807, 2.05) is 12.1 Å². The van der Waals surface area contributed by atoms with Crippen LogP contribution < -0.4 is 5.32 Å². The van der Waals surface area contributed by atoms with Crippen molar-refractivity contribution in [2.45, 2.75) is 6.04 Å². The van der Waals surface area contributed by atoms with E-state index in [2.05, 4.69) is 26.2 Å². The maximum atomic E-state index is 12.9. The van der Waals surface area contributed by atoms with Crippen LogP contribution in [0.3, 0.4) is 0 Å². The molecule has 1 amide bonds. The number of pyridine rings is 1. The zero-order chi connectivity index (χ0) is 15.5. The van der Waals surface area contributed by atoms with Crippen molar-refractivity contribution in [2.75, 3.05) is 19.6 Å². The molecule has 5 nitrogen and oxygen atoms in total. The summed E-state index contributed by atoms with van der Waals surface area (Å²) in [6, 6.07) is 8.63. The molecule has 1 atom stereocenters. The van der Waals surface area contributed by atoms with E-state index >= 15 is 0 Å². The van der Waals surface area contributed by atoms with E-state index < -0.39 is 0 Å².